The van der Waals surface area contributed by atoms with E-state index >= 15 is 0 Å². The van der Waals surface area contributed by atoms with Crippen molar-refractivity contribution < 1.29 is 0 Å². The summed E-state index contributed by atoms with van der Waals surface area (Å²) in [5.41, 5.74) is 0. The highest BCUT2D eigenvalue weighted by Crippen LogP contribution is 2.02. The van der Waals surface area contributed by atoms with E-state index in [1.807, 2.05) is 0 Å². The Morgan fingerprint density at radius 2 is 1.00 bits per heavy atom. The van der Waals surface area contributed by atoms with Gasteiger partial charge in [0.15, 0.2) is 0 Å². The van der Waals surface area contributed by atoms with Crippen LogP contribution in [0.3, 0.4) is 0 Å². The summed E-state index contributed by atoms with van der Waals surface area (Å²) in [5.74, 6) is 0.935. The van der Waals surface area contributed by atoms with Gasteiger partial charge in [0.2, 0.25) is 0 Å². The number of hydrogen-bond donors (Lipinski definition) is 0. The first-order valence-electron chi connectivity index (χ1n) is 2.81. The van der Waals surface area contributed by atoms with Crippen LogP contribution in [0.25, 0.3) is 0 Å². The van der Waals surface area contributed by atoms with Crippen LogP contribution < -0.4 is 0 Å². The summed E-state index contributed by atoms with van der Waals surface area (Å²) >= 11 is 0. The molecule has 0 aromatic rings. The SMILES string of the molecule is C.C.C.C.CCC(C)CC. The summed E-state index contributed by atoms with van der Waals surface area (Å²) < 4.78 is 0. The van der Waals surface area contributed by atoms with Gasteiger partial charge in [-0.25, -0.2) is 0 Å². The second-order valence-corrected chi connectivity index (χ2v) is 1.92. The van der Waals surface area contributed by atoms with Gasteiger partial charge in [0.1, 0.15) is 0 Å². The van der Waals surface area contributed by atoms with E-state index in [0.29, 0.717) is 0 Å². The Morgan fingerprint density at radius 3 is 1.00 bits per heavy atom. The molecule has 0 aliphatic rings. The molecular formula is C10H30. The minimum absolute atomic E-state index is 0. The fourth-order valence-corrected chi connectivity index (χ4v) is 0.289. The van der Waals surface area contributed by atoms with Crippen LogP contribution in [-0.4, -0.2) is 0 Å². The van der Waals surface area contributed by atoms with Gasteiger partial charge in [-0.15, -0.1) is 0 Å². The maximum atomic E-state index is 2.28. The third-order valence-electron chi connectivity index (χ3n) is 1.39. The molecule has 0 radical (unpaired) electrons. The monoisotopic (exact) mass is 150 g/mol. The largest absolute Gasteiger partial charge is 0.0776 e. The molecule has 0 heterocycles. The zero-order chi connectivity index (χ0) is 4.99. The van der Waals surface area contributed by atoms with Crippen molar-refractivity contribution in [2.45, 2.75) is 63.3 Å². The van der Waals surface area contributed by atoms with Crippen molar-refractivity contribution in [3.63, 3.8) is 0 Å². The second-order valence-electron chi connectivity index (χ2n) is 1.92. The third kappa shape index (κ3) is 24.5. The lowest BCUT2D eigenvalue weighted by Gasteiger charge is -1.98. The molecule has 0 fully saturated rings. The first-order chi connectivity index (χ1) is 2.81. The zero-order valence-corrected chi connectivity index (χ0v) is 4.99. The van der Waals surface area contributed by atoms with Crippen LogP contribution >= 0.6 is 0 Å². The molecule has 0 saturated carbocycles. The highest BCUT2D eigenvalue weighted by atomic mass is 13.9. The molecule has 70 valence electrons. The molecule has 0 atom stereocenters. The summed E-state index contributed by atoms with van der Waals surface area (Å²) in [4.78, 5) is 0. The van der Waals surface area contributed by atoms with E-state index in [9.17, 15) is 0 Å². The van der Waals surface area contributed by atoms with Crippen molar-refractivity contribution in [3.8, 4) is 0 Å². The molecular weight excluding hydrogens is 120 g/mol. The van der Waals surface area contributed by atoms with E-state index in [2.05, 4.69) is 20.8 Å². The molecule has 0 aliphatic carbocycles. The van der Waals surface area contributed by atoms with Gasteiger partial charge in [0, 0.05) is 0 Å². The Bertz CT molecular complexity index is 19.2. The van der Waals surface area contributed by atoms with Gasteiger partial charge >= 0.3 is 0 Å². The molecule has 0 aromatic carbocycles. The van der Waals surface area contributed by atoms with E-state index in [1.54, 1.807) is 0 Å². The average molecular weight is 150 g/mol. The predicted molar refractivity (Wildman–Crippen MR) is 56.7 cm³/mol. The first-order valence-corrected chi connectivity index (χ1v) is 2.81. The molecule has 0 heteroatoms. The molecule has 0 rings (SSSR count). The van der Waals surface area contributed by atoms with Gasteiger partial charge in [-0.2, -0.15) is 0 Å². The van der Waals surface area contributed by atoms with Gasteiger partial charge in [-0.1, -0.05) is 63.3 Å². The van der Waals surface area contributed by atoms with Crippen molar-refractivity contribution in [2.24, 2.45) is 5.92 Å². The Morgan fingerprint density at radius 1 is 0.800 bits per heavy atom. The lowest BCUT2D eigenvalue weighted by atomic mass is 10.1. The second kappa shape index (κ2) is 23.0. The molecule has 0 amide bonds. The van der Waals surface area contributed by atoms with Crippen LogP contribution in [-0.2, 0) is 0 Å². The Labute approximate surface area is 70.0 Å². The molecule has 0 aliphatic heterocycles. The highest BCUT2D eigenvalue weighted by molar-refractivity contribution is 4.41. The van der Waals surface area contributed by atoms with Gasteiger partial charge in [0.25, 0.3) is 0 Å². The normalized spacial score (nSPS) is 6.00. The van der Waals surface area contributed by atoms with E-state index in [1.165, 1.54) is 12.8 Å². The van der Waals surface area contributed by atoms with Gasteiger partial charge in [-0.3, -0.25) is 0 Å². The lowest BCUT2D eigenvalue weighted by Crippen LogP contribution is -1.85. The first kappa shape index (κ1) is 32.4. The van der Waals surface area contributed by atoms with Crippen molar-refractivity contribution in [2.75, 3.05) is 0 Å². The zero-order valence-electron chi connectivity index (χ0n) is 4.99. The number of rotatable bonds is 2. The van der Waals surface area contributed by atoms with Crippen LogP contribution in [0.2, 0.25) is 0 Å². The summed E-state index contributed by atoms with van der Waals surface area (Å²) in [5, 5.41) is 0. The van der Waals surface area contributed by atoms with Crippen LogP contribution in [0.15, 0.2) is 0 Å². The van der Waals surface area contributed by atoms with Gasteiger partial charge < -0.3 is 0 Å². The highest BCUT2D eigenvalue weighted by Gasteiger charge is 1.88. The van der Waals surface area contributed by atoms with E-state index in [4.69, 9.17) is 0 Å². The van der Waals surface area contributed by atoms with Gasteiger partial charge in [-0.05, 0) is 5.92 Å². The standard InChI is InChI=1S/C6H14.4CH4/c1-4-6(3)5-2;;;;/h6H,4-5H2,1-3H3;4*1H4. The summed E-state index contributed by atoms with van der Waals surface area (Å²) in [6.07, 6.45) is 2.66. The van der Waals surface area contributed by atoms with Crippen LogP contribution in [0, 0.1) is 5.92 Å². The van der Waals surface area contributed by atoms with Crippen LogP contribution in [0.1, 0.15) is 63.3 Å². The minimum Gasteiger partial charge on any atom is -0.0776 e. The fraction of sp³-hybridized carbons (Fsp3) is 1.00. The molecule has 0 nitrogen and oxygen atoms in total. The summed E-state index contributed by atoms with van der Waals surface area (Å²) in [7, 11) is 0. The van der Waals surface area contributed by atoms with E-state index in [0.717, 1.165) is 5.92 Å². The van der Waals surface area contributed by atoms with Crippen molar-refractivity contribution in [1.82, 2.24) is 0 Å². The maximum absolute atomic E-state index is 2.28. The fourth-order valence-electron chi connectivity index (χ4n) is 0.289. The summed E-state index contributed by atoms with van der Waals surface area (Å²) in [6, 6.07) is 0. The molecule has 0 N–H and O–H groups in total. The van der Waals surface area contributed by atoms with Crippen LogP contribution in [0.4, 0.5) is 0 Å². The van der Waals surface area contributed by atoms with Crippen molar-refractivity contribution in [3.05, 3.63) is 0 Å². The van der Waals surface area contributed by atoms with E-state index < -0.39 is 0 Å². The predicted octanol–water partition coefficient (Wildman–Crippen LogP) is 4.99. The molecule has 0 bridgehead atoms. The maximum Gasteiger partial charge on any atom is -0.0448 e. The minimum atomic E-state index is 0. The smallest absolute Gasteiger partial charge is 0.0448 e. The van der Waals surface area contributed by atoms with Crippen molar-refractivity contribution >= 4 is 0 Å². The molecule has 0 aromatic heterocycles. The van der Waals surface area contributed by atoms with E-state index in [-0.39, 0.29) is 29.7 Å². The van der Waals surface area contributed by atoms with Gasteiger partial charge in [0.05, 0.1) is 0 Å². The average Bonchev–Trinajstić information content (AvgIpc) is 1.65. The molecule has 0 unspecified atom stereocenters. The molecule has 0 spiro atoms. The Balaban J connectivity index is -0.0000000208. The van der Waals surface area contributed by atoms with Crippen molar-refractivity contribution in [1.29, 1.82) is 0 Å². The third-order valence-corrected chi connectivity index (χ3v) is 1.39. The molecule has 0 saturated heterocycles. The molecule has 10 heavy (non-hydrogen) atoms. The summed E-state index contributed by atoms with van der Waals surface area (Å²) in [6.45, 7) is 6.74. The van der Waals surface area contributed by atoms with Crippen LogP contribution in [0.5, 0.6) is 0 Å². The Kier molecular flexibility index (Phi) is 74.6. The lowest BCUT2D eigenvalue weighted by molar-refractivity contribution is 0.544. The quantitative estimate of drug-likeness (QED) is 0.520. The topological polar surface area (TPSA) is 0 Å². The number of hydrogen-bond acceptors (Lipinski definition) is 0. The Hall–Kier alpha value is 0.